The molecule has 1 aliphatic rings. The lowest BCUT2D eigenvalue weighted by Crippen LogP contribution is -2.19. The van der Waals surface area contributed by atoms with Crippen LogP contribution in [0.1, 0.15) is 5.56 Å². The van der Waals surface area contributed by atoms with Crippen LogP contribution in [0.5, 0.6) is 0 Å². The molecule has 1 aliphatic heterocycles. The zero-order chi connectivity index (χ0) is 20.2. The Balaban J connectivity index is 1.46. The molecule has 0 aliphatic carbocycles. The minimum absolute atomic E-state index is 0.211. The van der Waals surface area contributed by atoms with Gasteiger partial charge in [-0.15, -0.1) is 5.10 Å². The first-order chi connectivity index (χ1) is 14.1. The van der Waals surface area contributed by atoms with Crippen molar-refractivity contribution in [3.8, 4) is 5.69 Å². The summed E-state index contributed by atoms with van der Waals surface area (Å²) in [5.41, 5.74) is 3.80. The molecule has 2 heterocycles. The number of thioether (sulfide) groups is 1. The van der Waals surface area contributed by atoms with Crippen molar-refractivity contribution in [2.75, 3.05) is 7.11 Å². The second-order valence-electron chi connectivity index (χ2n) is 5.93. The van der Waals surface area contributed by atoms with Crippen molar-refractivity contribution in [2.24, 2.45) is 10.2 Å². The number of methoxy groups -OCH3 is 1. The van der Waals surface area contributed by atoms with Crippen LogP contribution in [0.25, 0.3) is 16.7 Å². The number of esters is 1. The molecule has 1 N–H and O–H groups in total. The molecule has 4 rings (SSSR count). The Hall–Kier alpha value is -3.72. The van der Waals surface area contributed by atoms with Gasteiger partial charge in [-0.3, -0.25) is 14.7 Å². The summed E-state index contributed by atoms with van der Waals surface area (Å²) in [4.78, 5) is 27.6. The average Bonchev–Trinajstić information content (AvgIpc) is 3.32. The van der Waals surface area contributed by atoms with Gasteiger partial charge in [0.2, 0.25) is 0 Å². The first kappa shape index (κ1) is 18.6. The fraction of sp³-hybridized carbons (Fsp3) is 0.0500. The van der Waals surface area contributed by atoms with Crippen LogP contribution in [-0.2, 0) is 14.3 Å². The van der Waals surface area contributed by atoms with Gasteiger partial charge in [-0.25, -0.2) is 9.78 Å². The van der Waals surface area contributed by atoms with E-state index in [1.54, 1.807) is 12.5 Å². The quantitative estimate of drug-likeness (QED) is 0.311. The smallest absolute Gasteiger partial charge is 0.331 e. The lowest BCUT2D eigenvalue weighted by Gasteiger charge is -2.04. The Kier molecular flexibility index (Phi) is 5.21. The molecule has 0 radical (unpaired) electrons. The molecule has 2 aromatic carbocycles. The van der Waals surface area contributed by atoms with E-state index in [-0.39, 0.29) is 4.91 Å². The van der Waals surface area contributed by atoms with E-state index in [0.717, 1.165) is 40.1 Å². The molecule has 8 nitrogen and oxygen atoms in total. The maximum atomic E-state index is 11.8. The number of carbonyl (C=O) groups is 2. The van der Waals surface area contributed by atoms with E-state index in [1.165, 1.54) is 7.11 Å². The van der Waals surface area contributed by atoms with Crippen molar-refractivity contribution in [2.45, 2.75) is 0 Å². The average molecular weight is 405 g/mol. The van der Waals surface area contributed by atoms with E-state index < -0.39 is 11.9 Å². The maximum absolute atomic E-state index is 11.8. The molecule has 0 atom stereocenters. The zero-order valence-electron chi connectivity index (χ0n) is 15.3. The number of carbonyl (C=O) groups excluding carboxylic acids is 2. The van der Waals surface area contributed by atoms with Gasteiger partial charge < -0.3 is 4.74 Å². The molecule has 1 fully saturated rings. The van der Waals surface area contributed by atoms with Crippen molar-refractivity contribution < 1.29 is 14.3 Å². The number of para-hydroxylation sites is 2. The molecule has 9 heteroatoms. The van der Waals surface area contributed by atoms with E-state index in [1.807, 2.05) is 53.1 Å². The lowest BCUT2D eigenvalue weighted by atomic mass is 10.2. The molecule has 0 bridgehead atoms. The van der Waals surface area contributed by atoms with Crippen LogP contribution in [0.15, 0.2) is 76.0 Å². The molecule has 29 heavy (non-hydrogen) atoms. The molecule has 144 valence electrons. The Morgan fingerprint density at radius 1 is 1.21 bits per heavy atom. The number of hydrogen-bond donors (Lipinski definition) is 1. The van der Waals surface area contributed by atoms with Crippen LogP contribution in [-0.4, -0.2) is 39.9 Å². The molecular formula is C20H15N5O3S. The van der Waals surface area contributed by atoms with Gasteiger partial charge in [-0.05, 0) is 41.6 Å². The minimum atomic E-state index is -0.599. The summed E-state index contributed by atoms with van der Waals surface area (Å²) in [6, 6.07) is 15.7. The fourth-order valence-electron chi connectivity index (χ4n) is 2.68. The lowest BCUT2D eigenvalue weighted by molar-refractivity contribution is -0.135. The highest BCUT2D eigenvalue weighted by Crippen LogP contribution is 2.23. The molecule has 0 saturated carbocycles. The highest BCUT2D eigenvalue weighted by Gasteiger charge is 2.24. The second-order valence-corrected chi connectivity index (χ2v) is 6.96. The number of ether oxygens (including phenoxy) is 1. The van der Waals surface area contributed by atoms with Gasteiger partial charge in [0.15, 0.2) is 5.17 Å². The number of nitrogens with one attached hydrogen (secondary N) is 1. The molecular weight excluding hydrogens is 390 g/mol. The number of aromatic nitrogens is 2. The normalized spacial score (nSPS) is 16.8. The van der Waals surface area contributed by atoms with Gasteiger partial charge in [0.1, 0.15) is 6.33 Å². The van der Waals surface area contributed by atoms with Crippen LogP contribution in [0.2, 0.25) is 0 Å². The Morgan fingerprint density at radius 3 is 2.79 bits per heavy atom. The minimum Gasteiger partial charge on any atom is -0.466 e. The standard InChI is InChI=1S/C20H15N5O3S/c1-28-18(26)10-17-19(27)23-20(29-17)24-22-11-13-6-8-14(9-7-13)25-12-21-15-4-2-3-5-16(15)25/h2-12H,1H3,(H,23,24,27)/b17-10+,22-11?. The van der Waals surface area contributed by atoms with Crippen LogP contribution < -0.4 is 5.32 Å². The fourth-order valence-corrected chi connectivity index (χ4v) is 3.41. The summed E-state index contributed by atoms with van der Waals surface area (Å²) in [6.07, 6.45) is 4.49. The number of amidine groups is 1. The molecule has 0 unspecified atom stereocenters. The summed E-state index contributed by atoms with van der Waals surface area (Å²) < 4.78 is 6.52. The first-order valence-electron chi connectivity index (χ1n) is 8.56. The summed E-state index contributed by atoms with van der Waals surface area (Å²) in [5.74, 6) is -1.01. The third kappa shape index (κ3) is 4.09. The van der Waals surface area contributed by atoms with E-state index in [0.29, 0.717) is 5.17 Å². The third-order valence-corrected chi connectivity index (χ3v) is 4.98. The first-order valence-corrected chi connectivity index (χ1v) is 9.38. The van der Waals surface area contributed by atoms with Crippen molar-refractivity contribution in [3.63, 3.8) is 0 Å². The summed E-state index contributed by atoms with van der Waals surface area (Å²) in [7, 11) is 1.25. The van der Waals surface area contributed by atoms with Crippen molar-refractivity contribution in [1.29, 1.82) is 0 Å². The predicted molar refractivity (Wildman–Crippen MR) is 112 cm³/mol. The largest absolute Gasteiger partial charge is 0.466 e. The van der Waals surface area contributed by atoms with Gasteiger partial charge in [-0.1, -0.05) is 24.3 Å². The zero-order valence-corrected chi connectivity index (χ0v) is 16.1. The Bertz CT molecular complexity index is 1180. The van der Waals surface area contributed by atoms with E-state index in [4.69, 9.17) is 0 Å². The van der Waals surface area contributed by atoms with Crippen LogP contribution >= 0.6 is 11.8 Å². The second kappa shape index (κ2) is 8.11. The number of fused-ring (bicyclic) bond motifs is 1. The van der Waals surface area contributed by atoms with Gasteiger partial charge in [0.05, 0.1) is 29.3 Å². The highest BCUT2D eigenvalue weighted by atomic mass is 32.2. The number of rotatable bonds is 4. The monoisotopic (exact) mass is 405 g/mol. The Labute approximate surface area is 170 Å². The topological polar surface area (TPSA) is 97.9 Å². The molecule has 3 aromatic rings. The maximum Gasteiger partial charge on any atom is 0.331 e. The third-order valence-electron chi connectivity index (χ3n) is 4.08. The Morgan fingerprint density at radius 2 is 2.00 bits per heavy atom. The van der Waals surface area contributed by atoms with Crippen molar-refractivity contribution in [1.82, 2.24) is 14.9 Å². The molecule has 1 amide bonds. The molecule has 1 aromatic heterocycles. The van der Waals surface area contributed by atoms with E-state index in [9.17, 15) is 9.59 Å². The summed E-state index contributed by atoms with van der Waals surface area (Å²) in [6.45, 7) is 0. The van der Waals surface area contributed by atoms with Crippen LogP contribution in [0.4, 0.5) is 0 Å². The van der Waals surface area contributed by atoms with Gasteiger partial charge in [0.25, 0.3) is 5.91 Å². The number of imidazole rings is 1. The number of amides is 1. The molecule has 1 saturated heterocycles. The van der Waals surface area contributed by atoms with Crippen LogP contribution in [0.3, 0.4) is 0 Å². The highest BCUT2D eigenvalue weighted by molar-refractivity contribution is 8.18. The van der Waals surface area contributed by atoms with Gasteiger partial charge in [0, 0.05) is 11.8 Å². The van der Waals surface area contributed by atoms with E-state index in [2.05, 4.69) is 25.2 Å². The van der Waals surface area contributed by atoms with Gasteiger partial charge in [-0.2, -0.15) is 5.10 Å². The number of nitrogens with zero attached hydrogens (tertiary/aromatic N) is 4. The van der Waals surface area contributed by atoms with Crippen LogP contribution in [0, 0.1) is 0 Å². The number of hydrogen-bond acceptors (Lipinski definition) is 7. The SMILES string of the molecule is COC(=O)/C=C1/S/C(=N\N=Cc2ccc(-n3cnc4ccccc43)cc2)NC1=O. The van der Waals surface area contributed by atoms with Gasteiger partial charge >= 0.3 is 5.97 Å². The summed E-state index contributed by atoms with van der Waals surface area (Å²) >= 11 is 1.03. The summed E-state index contributed by atoms with van der Waals surface area (Å²) in [5, 5.41) is 10.8. The van der Waals surface area contributed by atoms with E-state index >= 15 is 0 Å². The van der Waals surface area contributed by atoms with Crippen molar-refractivity contribution >= 4 is 46.1 Å². The van der Waals surface area contributed by atoms with Crippen molar-refractivity contribution in [3.05, 3.63) is 71.4 Å². The molecule has 0 spiro atoms. The number of benzene rings is 2. The predicted octanol–water partition coefficient (Wildman–Crippen LogP) is 2.64.